The van der Waals surface area contributed by atoms with Crippen LogP contribution in [-0.2, 0) is 11.2 Å². The number of aromatic nitrogens is 2. The van der Waals surface area contributed by atoms with Gasteiger partial charge in [-0.25, -0.2) is 9.97 Å². The molecule has 2 rings (SSSR count). The third-order valence-electron chi connectivity index (χ3n) is 3.39. The van der Waals surface area contributed by atoms with E-state index in [0.29, 0.717) is 0 Å². The molecule has 124 valence electrons. The fraction of sp³-hybridized carbons (Fsp3) is 0.412. The Kier molecular flexibility index (Phi) is 7.13. The summed E-state index contributed by atoms with van der Waals surface area (Å²) in [6.07, 6.45) is 3.37. The predicted octanol–water partition coefficient (Wildman–Crippen LogP) is 2.59. The molecule has 1 aromatic heterocycles. The van der Waals surface area contributed by atoms with Crippen LogP contribution in [0.5, 0.6) is 5.75 Å². The summed E-state index contributed by atoms with van der Waals surface area (Å²) in [5.41, 5.74) is 1.18. The maximum Gasteiger partial charge on any atom is 0.131 e. The summed E-state index contributed by atoms with van der Waals surface area (Å²) in [6.45, 7) is 2.34. The van der Waals surface area contributed by atoms with E-state index in [0.717, 1.165) is 49.9 Å². The first-order chi connectivity index (χ1) is 11.3. The fourth-order valence-electron chi connectivity index (χ4n) is 2.22. The van der Waals surface area contributed by atoms with E-state index in [1.165, 1.54) is 5.56 Å². The number of hydrogen-bond acceptors (Lipinski definition) is 6. The minimum atomic E-state index is 0.738. The summed E-state index contributed by atoms with van der Waals surface area (Å²) < 4.78 is 10.4. The molecule has 0 amide bonds. The minimum absolute atomic E-state index is 0.738. The van der Waals surface area contributed by atoms with Gasteiger partial charge in [-0.1, -0.05) is 18.2 Å². The minimum Gasteiger partial charge on any atom is -0.496 e. The van der Waals surface area contributed by atoms with Gasteiger partial charge in [0, 0.05) is 32.9 Å². The number of nitrogens with one attached hydrogen (secondary N) is 2. The van der Waals surface area contributed by atoms with Crippen LogP contribution in [0.3, 0.4) is 0 Å². The summed E-state index contributed by atoms with van der Waals surface area (Å²) in [4.78, 5) is 8.45. The molecular weight excluding hydrogens is 292 g/mol. The third kappa shape index (κ3) is 5.75. The normalized spacial score (nSPS) is 10.3. The second-order valence-corrected chi connectivity index (χ2v) is 5.05. The largest absolute Gasteiger partial charge is 0.496 e. The van der Waals surface area contributed by atoms with E-state index in [1.807, 2.05) is 24.3 Å². The van der Waals surface area contributed by atoms with E-state index in [-0.39, 0.29) is 0 Å². The predicted molar refractivity (Wildman–Crippen MR) is 92.2 cm³/mol. The summed E-state index contributed by atoms with van der Waals surface area (Å²) in [5.74, 6) is 2.54. The summed E-state index contributed by atoms with van der Waals surface area (Å²) in [7, 11) is 3.40. The van der Waals surface area contributed by atoms with Crippen molar-refractivity contribution in [2.45, 2.75) is 12.8 Å². The van der Waals surface area contributed by atoms with E-state index < -0.39 is 0 Å². The van der Waals surface area contributed by atoms with Gasteiger partial charge in [0.2, 0.25) is 0 Å². The van der Waals surface area contributed by atoms with Crippen LogP contribution in [0.4, 0.5) is 11.6 Å². The van der Waals surface area contributed by atoms with Crippen molar-refractivity contribution in [3.05, 3.63) is 42.2 Å². The lowest BCUT2D eigenvalue weighted by atomic mass is 10.1. The van der Waals surface area contributed by atoms with Crippen LogP contribution in [0.15, 0.2) is 36.7 Å². The zero-order valence-corrected chi connectivity index (χ0v) is 13.7. The molecule has 23 heavy (non-hydrogen) atoms. The number of para-hydroxylation sites is 1. The Bertz CT molecular complexity index is 592. The van der Waals surface area contributed by atoms with Crippen LogP contribution >= 0.6 is 0 Å². The average Bonchev–Trinajstić information content (AvgIpc) is 2.60. The highest BCUT2D eigenvalue weighted by atomic mass is 16.5. The molecule has 0 bridgehead atoms. The second-order valence-electron chi connectivity index (χ2n) is 5.05. The highest BCUT2D eigenvalue weighted by Gasteiger charge is 2.02. The second kappa shape index (κ2) is 9.63. The van der Waals surface area contributed by atoms with Crippen molar-refractivity contribution < 1.29 is 9.47 Å². The van der Waals surface area contributed by atoms with Gasteiger partial charge < -0.3 is 20.1 Å². The lowest BCUT2D eigenvalue weighted by Crippen LogP contribution is -2.09. The van der Waals surface area contributed by atoms with Crippen molar-refractivity contribution in [1.82, 2.24) is 9.97 Å². The van der Waals surface area contributed by atoms with E-state index >= 15 is 0 Å². The average molecular weight is 316 g/mol. The van der Waals surface area contributed by atoms with Crippen molar-refractivity contribution in [3.8, 4) is 5.75 Å². The zero-order chi connectivity index (χ0) is 16.3. The molecule has 0 aliphatic rings. The number of methoxy groups -OCH3 is 2. The Morgan fingerprint density at radius 2 is 1.74 bits per heavy atom. The molecule has 2 N–H and O–H groups in total. The summed E-state index contributed by atoms with van der Waals surface area (Å²) in [5, 5.41) is 6.57. The Balaban J connectivity index is 1.81. The van der Waals surface area contributed by atoms with Crippen molar-refractivity contribution in [1.29, 1.82) is 0 Å². The first-order valence-corrected chi connectivity index (χ1v) is 7.74. The molecule has 0 radical (unpaired) electrons. The van der Waals surface area contributed by atoms with Gasteiger partial charge in [0.1, 0.15) is 23.7 Å². The number of ether oxygens (including phenoxy) is 2. The maximum atomic E-state index is 5.36. The zero-order valence-electron chi connectivity index (χ0n) is 13.7. The standard InChI is InChI=1S/C17H24N4O2/c1-22-11-5-9-18-16-12-17(21-13-20-16)19-10-8-14-6-3-4-7-15(14)23-2/h3-4,6-7,12-13H,5,8-11H2,1-2H3,(H2,18,19,20,21). The lowest BCUT2D eigenvalue weighted by Gasteiger charge is -2.10. The van der Waals surface area contributed by atoms with Crippen molar-refractivity contribution in [2.24, 2.45) is 0 Å². The van der Waals surface area contributed by atoms with Gasteiger partial charge in [-0.2, -0.15) is 0 Å². The molecule has 2 aromatic rings. The van der Waals surface area contributed by atoms with E-state index in [1.54, 1.807) is 20.5 Å². The summed E-state index contributed by atoms with van der Waals surface area (Å²) >= 11 is 0. The van der Waals surface area contributed by atoms with Gasteiger partial charge in [-0.15, -0.1) is 0 Å². The van der Waals surface area contributed by atoms with Gasteiger partial charge in [0.25, 0.3) is 0 Å². The Labute approximate surface area is 137 Å². The van der Waals surface area contributed by atoms with Crippen molar-refractivity contribution >= 4 is 11.6 Å². The molecule has 0 fully saturated rings. The molecule has 1 aromatic carbocycles. The molecule has 0 spiro atoms. The van der Waals surface area contributed by atoms with Crippen molar-refractivity contribution in [2.75, 3.05) is 44.5 Å². The van der Waals surface area contributed by atoms with Crippen LogP contribution < -0.4 is 15.4 Å². The third-order valence-corrected chi connectivity index (χ3v) is 3.39. The fourth-order valence-corrected chi connectivity index (χ4v) is 2.22. The molecule has 0 atom stereocenters. The van der Waals surface area contributed by atoms with E-state index in [9.17, 15) is 0 Å². The number of benzene rings is 1. The quantitative estimate of drug-likeness (QED) is 0.657. The first kappa shape index (κ1) is 17.0. The maximum absolute atomic E-state index is 5.36. The molecule has 0 aliphatic heterocycles. The monoisotopic (exact) mass is 316 g/mol. The number of hydrogen-bond donors (Lipinski definition) is 2. The molecule has 0 unspecified atom stereocenters. The van der Waals surface area contributed by atoms with Gasteiger partial charge in [0.05, 0.1) is 7.11 Å². The van der Waals surface area contributed by atoms with E-state index in [4.69, 9.17) is 9.47 Å². The van der Waals surface area contributed by atoms with Crippen LogP contribution in [0.2, 0.25) is 0 Å². The Hall–Kier alpha value is -2.34. The molecular formula is C17H24N4O2. The Morgan fingerprint density at radius 3 is 2.48 bits per heavy atom. The SMILES string of the molecule is COCCCNc1cc(NCCc2ccccc2OC)ncn1. The van der Waals surface area contributed by atoms with Crippen LogP contribution in [0.1, 0.15) is 12.0 Å². The van der Waals surface area contributed by atoms with Gasteiger partial charge >= 0.3 is 0 Å². The molecule has 1 heterocycles. The van der Waals surface area contributed by atoms with Gasteiger partial charge in [-0.05, 0) is 24.5 Å². The number of rotatable bonds is 10. The topological polar surface area (TPSA) is 68.3 Å². The van der Waals surface area contributed by atoms with E-state index in [2.05, 4.69) is 26.7 Å². The lowest BCUT2D eigenvalue weighted by molar-refractivity contribution is 0.198. The molecule has 6 heteroatoms. The van der Waals surface area contributed by atoms with Crippen LogP contribution in [0, 0.1) is 0 Å². The highest BCUT2D eigenvalue weighted by Crippen LogP contribution is 2.18. The van der Waals surface area contributed by atoms with Crippen molar-refractivity contribution in [3.63, 3.8) is 0 Å². The van der Waals surface area contributed by atoms with Gasteiger partial charge in [-0.3, -0.25) is 0 Å². The molecule has 6 nitrogen and oxygen atoms in total. The smallest absolute Gasteiger partial charge is 0.131 e. The molecule has 0 saturated carbocycles. The van der Waals surface area contributed by atoms with Crippen LogP contribution in [-0.4, -0.2) is 43.9 Å². The van der Waals surface area contributed by atoms with Gasteiger partial charge in [0.15, 0.2) is 0 Å². The summed E-state index contributed by atoms with van der Waals surface area (Å²) in [6, 6.07) is 9.95. The highest BCUT2D eigenvalue weighted by molar-refractivity contribution is 5.46. The first-order valence-electron chi connectivity index (χ1n) is 7.74. The van der Waals surface area contributed by atoms with Crippen LogP contribution in [0.25, 0.3) is 0 Å². The number of anilines is 2. The number of nitrogens with zero attached hydrogens (tertiary/aromatic N) is 2. The Morgan fingerprint density at radius 1 is 1.00 bits per heavy atom. The molecule has 0 aliphatic carbocycles. The molecule has 0 saturated heterocycles.